The molecule has 118 valence electrons. The molecule has 0 saturated heterocycles. The summed E-state index contributed by atoms with van der Waals surface area (Å²) < 4.78 is 34.5. The van der Waals surface area contributed by atoms with Gasteiger partial charge >= 0.3 is 0 Å². The van der Waals surface area contributed by atoms with Crippen LogP contribution in [-0.4, -0.2) is 46.5 Å². The molecule has 0 unspecified atom stereocenters. The Labute approximate surface area is 123 Å². The molecule has 0 fully saturated rings. The van der Waals surface area contributed by atoms with Crippen molar-refractivity contribution in [1.82, 2.24) is 0 Å². The molecule has 21 heavy (non-hydrogen) atoms. The summed E-state index contributed by atoms with van der Waals surface area (Å²) in [5, 5.41) is 11.0. The van der Waals surface area contributed by atoms with Crippen molar-refractivity contribution in [2.75, 3.05) is 37.4 Å². The fraction of sp³-hybridized carbons (Fsp3) is 0.500. The van der Waals surface area contributed by atoms with Crippen LogP contribution in [0.3, 0.4) is 0 Å². The first-order valence-electron chi connectivity index (χ1n) is 6.20. The fourth-order valence-electron chi connectivity index (χ4n) is 1.54. The van der Waals surface area contributed by atoms with Gasteiger partial charge in [0.15, 0.2) is 0 Å². The van der Waals surface area contributed by atoms with E-state index in [9.17, 15) is 18.5 Å². The SMILES string of the molecule is CCOCCOc1ccc([N+](=O)[O-])c(N(C)S(C)(=O)=O)c1. The zero-order valence-electron chi connectivity index (χ0n) is 12.1. The number of benzene rings is 1. The third kappa shape index (κ3) is 4.87. The first kappa shape index (κ1) is 17.2. The molecule has 0 aliphatic carbocycles. The molecule has 0 amide bonds. The summed E-state index contributed by atoms with van der Waals surface area (Å²) in [7, 11) is -2.36. The summed E-state index contributed by atoms with van der Waals surface area (Å²) in [5.74, 6) is 0.339. The van der Waals surface area contributed by atoms with E-state index in [4.69, 9.17) is 9.47 Å². The normalized spacial score (nSPS) is 11.2. The lowest BCUT2D eigenvalue weighted by Gasteiger charge is -2.17. The van der Waals surface area contributed by atoms with Gasteiger partial charge in [-0.25, -0.2) is 8.42 Å². The lowest BCUT2D eigenvalue weighted by Crippen LogP contribution is -2.25. The zero-order valence-corrected chi connectivity index (χ0v) is 12.9. The van der Waals surface area contributed by atoms with Crippen LogP contribution >= 0.6 is 0 Å². The first-order chi connectivity index (χ1) is 9.77. The lowest BCUT2D eigenvalue weighted by molar-refractivity contribution is -0.384. The van der Waals surface area contributed by atoms with Gasteiger partial charge in [-0.15, -0.1) is 0 Å². The largest absolute Gasteiger partial charge is 0.491 e. The van der Waals surface area contributed by atoms with E-state index >= 15 is 0 Å². The Bertz CT molecular complexity index is 602. The van der Waals surface area contributed by atoms with Crippen LogP contribution in [0.25, 0.3) is 0 Å². The van der Waals surface area contributed by atoms with Crippen molar-refractivity contribution in [3.05, 3.63) is 28.3 Å². The standard InChI is InChI=1S/C12H18N2O6S/c1-4-19-7-8-20-10-5-6-11(14(15)16)12(9-10)13(2)21(3,17)18/h5-6,9H,4,7-8H2,1-3H3. The molecule has 0 saturated carbocycles. The van der Waals surface area contributed by atoms with Crippen LogP contribution in [0, 0.1) is 10.1 Å². The summed E-state index contributed by atoms with van der Waals surface area (Å²) in [4.78, 5) is 10.3. The molecule has 0 heterocycles. The molecule has 1 aromatic carbocycles. The van der Waals surface area contributed by atoms with Crippen molar-refractivity contribution in [3.8, 4) is 5.75 Å². The van der Waals surface area contributed by atoms with Crippen LogP contribution in [0.4, 0.5) is 11.4 Å². The minimum Gasteiger partial charge on any atom is -0.491 e. The number of nitro benzene ring substituents is 1. The molecule has 1 aromatic rings. The van der Waals surface area contributed by atoms with Gasteiger partial charge in [0.1, 0.15) is 18.0 Å². The van der Waals surface area contributed by atoms with Gasteiger partial charge in [0.05, 0.1) is 17.8 Å². The number of sulfonamides is 1. The summed E-state index contributed by atoms with van der Waals surface area (Å²) in [6.07, 6.45) is 0.972. The quantitative estimate of drug-likeness (QED) is 0.408. The van der Waals surface area contributed by atoms with Gasteiger partial charge in [-0.05, 0) is 13.0 Å². The molecule has 9 heteroatoms. The molecule has 8 nitrogen and oxygen atoms in total. The maximum absolute atomic E-state index is 11.6. The van der Waals surface area contributed by atoms with Crippen LogP contribution in [0.1, 0.15) is 6.92 Å². The molecule has 0 bridgehead atoms. The number of hydrogen-bond acceptors (Lipinski definition) is 6. The van der Waals surface area contributed by atoms with Gasteiger partial charge in [-0.2, -0.15) is 0 Å². The van der Waals surface area contributed by atoms with E-state index in [-0.39, 0.29) is 18.0 Å². The van der Waals surface area contributed by atoms with Crippen LogP contribution in [-0.2, 0) is 14.8 Å². The van der Waals surface area contributed by atoms with Gasteiger partial charge < -0.3 is 9.47 Å². The highest BCUT2D eigenvalue weighted by Gasteiger charge is 2.23. The molecule has 0 aliphatic rings. The van der Waals surface area contributed by atoms with Crippen molar-refractivity contribution < 1.29 is 22.8 Å². The second-order valence-corrected chi connectivity index (χ2v) is 6.20. The van der Waals surface area contributed by atoms with Gasteiger partial charge in [0, 0.05) is 25.8 Å². The van der Waals surface area contributed by atoms with Crippen LogP contribution in [0.15, 0.2) is 18.2 Å². The molecule has 0 aliphatic heterocycles. The summed E-state index contributed by atoms with van der Waals surface area (Å²) in [6.45, 7) is 3.06. The van der Waals surface area contributed by atoms with Crippen molar-refractivity contribution in [2.45, 2.75) is 6.92 Å². The van der Waals surface area contributed by atoms with E-state index < -0.39 is 14.9 Å². The van der Waals surface area contributed by atoms with Crippen molar-refractivity contribution >= 4 is 21.4 Å². The third-order valence-corrected chi connectivity index (χ3v) is 3.87. The Hall–Kier alpha value is -1.87. The predicted octanol–water partition coefficient (Wildman–Crippen LogP) is 1.41. The van der Waals surface area contributed by atoms with Gasteiger partial charge in [0.2, 0.25) is 10.0 Å². The van der Waals surface area contributed by atoms with Gasteiger partial charge in [0.25, 0.3) is 5.69 Å². The molecule has 0 N–H and O–H groups in total. The Morgan fingerprint density at radius 3 is 2.52 bits per heavy atom. The highest BCUT2D eigenvalue weighted by atomic mass is 32.2. The van der Waals surface area contributed by atoms with E-state index in [0.29, 0.717) is 19.0 Å². The second kappa shape index (κ2) is 7.23. The van der Waals surface area contributed by atoms with E-state index in [1.165, 1.54) is 25.2 Å². The van der Waals surface area contributed by atoms with E-state index in [1.54, 1.807) is 0 Å². The highest BCUT2D eigenvalue weighted by Crippen LogP contribution is 2.32. The monoisotopic (exact) mass is 318 g/mol. The maximum atomic E-state index is 11.6. The number of anilines is 1. The van der Waals surface area contributed by atoms with Gasteiger partial charge in [-0.1, -0.05) is 0 Å². The van der Waals surface area contributed by atoms with Crippen LogP contribution < -0.4 is 9.04 Å². The maximum Gasteiger partial charge on any atom is 0.293 e. The molecule has 0 spiro atoms. The topological polar surface area (TPSA) is 99.0 Å². The summed E-state index contributed by atoms with van der Waals surface area (Å²) in [5.41, 5.74) is -0.350. The Balaban J connectivity index is 3.04. The Kier molecular flexibility index (Phi) is 5.91. The Morgan fingerprint density at radius 1 is 1.33 bits per heavy atom. The number of nitro groups is 1. The van der Waals surface area contributed by atoms with E-state index in [2.05, 4.69) is 0 Å². The minimum atomic E-state index is -3.61. The fourth-order valence-corrected chi connectivity index (χ4v) is 2.04. The minimum absolute atomic E-state index is 0.0450. The zero-order chi connectivity index (χ0) is 16.0. The first-order valence-corrected chi connectivity index (χ1v) is 8.05. The van der Waals surface area contributed by atoms with Crippen molar-refractivity contribution in [1.29, 1.82) is 0 Å². The van der Waals surface area contributed by atoms with E-state index in [0.717, 1.165) is 10.6 Å². The average molecular weight is 318 g/mol. The average Bonchev–Trinajstić information content (AvgIpc) is 2.41. The molecular formula is C12H18N2O6S. The second-order valence-electron chi connectivity index (χ2n) is 4.18. The number of nitrogens with zero attached hydrogens (tertiary/aromatic N) is 2. The lowest BCUT2D eigenvalue weighted by atomic mass is 10.2. The number of rotatable bonds is 8. The third-order valence-electron chi connectivity index (χ3n) is 2.68. The molecular weight excluding hydrogens is 300 g/mol. The molecule has 0 atom stereocenters. The van der Waals surface area contributed by atoms with Crippen molar-refractivity contribution in [3.63, 3.8) is 0 Å². The smallest absolute Gasteiger partial charge is 0.293 e. The highest BCUT2D eigenvalue weighted by molar-refractivity contribution is 7.92. The summed E-state index contributed by atoms with van der Waals surface area (Å²) >= 11 is 0. The van der Waals surface area contributed by atoms with E-state index in [1.807, 2.05) is 6.92 Å². The molecule has 0 radical (unpaired) electrons. The van der Waals surface area contributed by atoms with Crippen molar-refractivity contribution in [2.24, 2.45) is 0 Å². The van der Waals surface area contributed by atoms with Crippen LogP contribution in [0.5, 0.6) is 5.75 Å². The molecule has 1 rings (SSSR count). The number of ether oxygens (including phenoxy) is 2. The van der Waals surface area contributed by atoms with Gasteiger partial charge in [-0.3, -0.25) is 14.4 Å². The predicted molar refractivity (Wildman–Crippen MR) is 78.3 cm³/mol. The summed E-state index contributed by atoms with van der Waals surface area (Å²) in [6, 6.07) is 3.96. The molecule has 0 aromatic heterocycles. The van der Waals surface area contributed by atoms with Crippen LogP contribution in [0.2, 0.25) is 0 Å². The Morgan fingerprint density at radius 2 is 2.00 bits per heavy atom. The number of hydrogen-bond donors (Lipinski definition) is 0.